The zero-order chi connectivity index (χ0) is 14.6. The smallest absolute Gasteiger partial charge is 0.337 e. The third-order valence-electron chi connectivity index (χ3n) is 2.67. The zero-order valence-electron chi connectivity index (χ0n) is 11.2. The first kappa shape index (κ1) is 14.9. The summed E-state index contributed by atoms with van der Waals surface area (Å²) in [6.07, 6.45) is 1.18. The standard InChI is InChI=1S/C13H18N2O4/c1-8(2)6-14-12(17)9(3)15-7-10(13(18)19)4-5-11(15)16/h4-5,7-9H,6H2,1-3H3,(H,14,17)(H,18,19). The lowest BCUT2D eigenvalue weighted by atomic mass is 10.2. The van der Waals surface area contributed by atoms with E-state index in [1.165, 1.54) is 12.3 Å². The predicted molar refractivity (Wildman–Crippen MR) is 70.2 cm³/mol. The highest BCUT2D eigenvalue weighted by molar-refractivity contribution is 5.87. The molecule has 1 aromatic heterocycles. The Hall–Kier alpha value is -2.11. The molecule has 0 aromatic carbocycles. The molecule has 1 amide bonds. The van der Waals surface area contributed by atoms with Crippen molar-refractivity contribution in [1.82, 2.24) is 9.88 Å². The fourth-order valence-electron chi connectivity index (χ4n) is 1.51. The minimum Gasteiger partial charge on any atom is -0.478 e. The van der Waals surface area contributed by atoms with Crippen LogP contribution in [0.2, 0.25) is 0 Å². The highest BCUT2D eigenvalue weighted by atomic mass is 16.4. The normalized spacial score (nSPS) is 12.2. The average Bonchev–Trinajstić information content (AvgIpc) is 2.35. The topological polar surface area (TPSA) is 88.4 Å². The summed E-state index contributed by atoms with van der Waals surface area (Å²) in [4.78, 5) is 34.4. The molecule has 2 N–H and O–H groups in total. The number of nitrogens with zero attached hydrogens (tertiary/aromatic N) is 1. The molecule has 0 bridgehead atoms. The molecule has 0 aliphatic rings. The Morgan fingerprint density at radius 1 is 1.32 bits per heavy atom. The maximum Gasteiger partial charge on any atom is 0.337 e. The largest absolute Gasteiger partial charge is 0.478 e. The van der Waals surface area contributed by atoms with Crippen molar-refractivity contribution < 1.29 is 14.7 Å². The first-order valence-corrected chi connectivity index (χ1v) is 6.06. The minimum absolute atomic E-state index is 0.0249. The molecular weight excluding hydrogens is 248 g/mol. The minimum atomic E-state index is -1.14. The molecule has 0 aliphatic carbocycles. The number of aromatic carboxylic acids is 1. The number of rotatable bonds is 5. The van der Waals surface area contributed by atoms with Gasteiger partial charge in [-0.15, -0.1) is 0 Å². The summed E-state index contributed by atoms with van der Waals surface area (Å²) < 4.78 is 1.12. The second-order valence-electron chi connectivity index (χ2n) is 4.78. The molecule has 1 unspecified atom stereocenters. The zero-order valence-corrected chi connectivity index (χ0v) is 11.2. The van der Waals surface area contributed by atoms with Crippen LogP contribution in [0.3, 0.4) is 0 Å². The van der Waals surface area contributed by atoms with Crippen LogP contribution < -0.4 is 10.9 Å². The van der Waals surface area contributed by atoms with E-state index in [0.29, 0.717) is 12.5 Å². The molecule has 0 saturated heterocycles. The quantitative estimate of drug-likeness (QED) is 0.828. The van der Waals surface area contributed by atoms with Gasteiger partial charge in [-0.25, -0.2) is 4.79 Å². The number of carbonyl (C=O) groups excluding carboxylic acids is 1. The van der Waals surface area contributed by atoms with Gasteiger partial charge in [-0.3, -0.25) is 9.59 Å². The third-order valence-corrected chi connectivity index (χ3v) is 2.67. The van der Waals surface area contributed by atoms with E-state index in [1.54, 1.807) is 6.92 Å². The first-order valence-electron chi connectivity index (χ1n) is 6.06. The molecule has 6 heteroatoms. The van der Waals surface area contributed by atoms with Gasteiger partial charge in [0.15, 0.2) is 0 Å². The number of carbonyl (C=O) groups is 2. The average molecular weight is 266 g/mol. The van der Waals surface area contributed by atoms with Crippen molar-refractivity contribution in [2.75, 3.05) is 6.54 Å². The first-order chi connectivity index (χ1) is 8.82. The number of aromatic nitrogens is 1. The number of hydrogen-bond acceptors (Lipinski definition) is 3. The second-order valence-corrected chi connectivity index (χ2v) is 4.78. The molecule has 0 saturated carbocycles. The summed E-state index contributed by atoms with van der Waals surface area (Å²) in [6, 6.07) is 1.63. The van der Waals surface area contributed by atoms with Crippen molar-refractivity contribution in [3.63, 3.8) is 0 Å². The SMILES string of the molecule is CC(C)CNC(=O)C(C)n1cc(C(=O)O)ccc1=O. The summed E-state index contributed by atoms with van der Waals surface area (Å²) in [6.45, 7) is 5.99. The number of amides is 1. The maximum atomic E-state index is 11.9. The molecule has 1 rings (SSSR count). The van der Waals surface area contributed by atoms with Crippen molar-refractivity contribution in [1.29, 1.82) is 0 Å². The highest BCUT2D eigenvalue weighted by Crippen LogP contribution is 2.05. The van der Waals surface area contributed by atoms with Gasteiger partial charge in [0.2, 0.25) is 5.91 Å². The molecule has 19 heavy (non-hydrogen) atoms. The van der Waals surface area contributed by atoms with Crippen molar-refractivity contribution in [2.45, 2.75) is 26.8 Å². The van der Waals surface area contributed by atoms with Gasteiger partial charge in [-0.2, -0.15) is 0 Å². The van der Waals surface area contributed by atoms with Crippen molar-refractivity contribution in [3.8, 4) is 0 Å². The second kappa shape index (κ2) is 6.17. The van der Waals surface area contributed by atoms with Gasteiger partial charge >= 0.3 is 5.97 Å². The van der Waals surface area contributed by atoms with E-state index < -0.39 is 17.6 Å². The van der Waals surface area contributed by atoms with Gasteiger partial charge in [0.05, 0.1) is 5.56 Å². The van der Waals surface area contributed by atoms with E-state index in [9.17, 15) is 14.4 Å². The summed E-state index contributed by atoms with van der Waals surface area (Å²) in [7, 11) is 0. The van der Waals surface area contributed by atoms with Crippen LogP contribution >= 0.6 is 0 Å². The summed E-state index contributed by atoms with van der Waals surface area (Å²) in [5, 5.41) is 11.6. The maximum absolute atomic E-state index is 11.9. The van der Waals surface area contributed by atoms with E-state index >= 15 is 0 Å². The molecule has 0 radical (unpaired) electrons. The Kier molecular flexibility index (Phi) is 4.86. The van der Waals surface area contributed by atoms with E-state index in [1.807, 2.05) is 13.8 Å². The van der Waals surface area contributed by atoms with Crippen LogP contribution in [-0.2, 0) is 4.79 Å². The van der Waals surface area contributed by atoms with E-state index in [-0.39, 0.29) is 11.5 Å². The van der Waals surface area contributed by atoms with Gasteiger partial charge in [0.25, 0.3) is 5.56 Å². The highest BCUT2D eigenvalue weighted by Gasteiger charge is 2.17. The Labute approximate surface area is 111 Å². The van der Waals surface area contributed by atoms with Gasteiger partial charge in [0, 0.05) is 18.8 Å². The summed E-state index contributed by atoms with van der Waals surface area (Å²) in [5.74, 6) is -1.14. The molecular formula is C13H18N2O4. The third kappa shape index (κ3) is 3.94. The van der Waals surface area contributed by atoms with Crippen LogP contribution in [-0.4, -0.2) is 28.1 Å². The van der Waals surface area contributed by atoms with Crippen molar-refractivity contribution in [3.05, 3.63) is 34.2 Å². The van der Waals surface area contributed by atoms with Crippen molar-refractivity contribution >= 4 is 11.9 Å². The lowest BCUT2D eigenvalue weighted by molar-refractivity contribution is -0.124. The molecule has 0 fully saturated rings. The van der Waals surface area contributed by atoms with Crippen LogP contribution in [0.5, 0.6) is 0 Å². The van der Waals surface area contributed by atoms with Crippen LogP contribution in [0.25, 0.3) is 0 Å². The Balaban J connectivity index is 2.95. The number of carboxylic acids is 1. The number of carboxylic acid groups (broad SMARTS) is 1. The van der Waals surface area contributed by atoms with Crippen molar-refractivity contribution in [2.24, 2.45) is 5.92 Å². The van der Waals surface area contributed by atoms with Crippen LogP contribution in [0.15, 0.2) is 23.1 Å². The fraction of sp³-hybridized carbons (Fsp3) is 0.462. The Morgan fingerprint density at radius 2 is 1.95 bits per heavy atom. The fourth-order valence-corrected chi connectivity index (χ4v) is 1.51. The summed E-state index contributed by atoms with van der Waals surface area (Å²) in [5.41, 5.74) is -0.430. The number of nitrogens with one attached hydrogen (secondary N) is 1. The van der Waals surface area contributed by atoms with Gasteiger partial charge < -0.3 is 15.0 Å². The molecule has 1 aromatic rings. The lowest BCUT2D eigenvalue weighted by Crippen LogP contribution is -2.37. The molecule has 1 heterocycles. The molecule has 0 spiro atoms. The monoisotopic (exact) mass is 266 g/mol. The van der Waals surface area contributed by atoms with E-state index in [4.69, 9.17) is 5.11 Å². The molecule has 0 aliphatic heterocycles. The van der Waals surface area contributed by atoms with E-state index in [2.05, 4.69) is 5.32 Å². The van der Waals surface area contributed by atoms with E-state index in [0.717, 1.165) is 10.6 Å². The molecule has 1 atom stereocenters. The molecule has 104 valence electrons. The lowest BCUT2D eigenvalue weighted by Gasteiger charge is -2.16. The van der Waals surface area contributed by atoms with Crippen LogP contribution in [0.4, 0.5) is 0 Å². The number of pyridine rings is 1. The Morgan fingerprint density at radius 3 is 2.47 bits per heavy atom. The Bertz CT molecular complexity index is 534. The van der Waals surface area contributed by atoms with Crippen LogP contribution in [0.1, 0.15) is 37.2 Å². The van der Waals surface area contributed by atoms with Gasteiger partial charge in [-0.05, 0) is 18.9 Å². The summed E-state index contributed by atoms with van der Waals surface area (Å²) >= 11 is 0. The molecule has 6 nitrogen and oxygen atoms in total. The predicted octanol–water partition coefficient (Wildman–Crippen LogP) is 0.880. The number of hydrogen-bond donors (Lipinski definition) is 2. The van der Waals surface area contributed by atoms with Gasteiger partial charge in [0.1, 0.15) is 6.04 Å². The van der Waals surface area contributed by atoms with Crippen LogP contribution in [0, 0.1) is 5.92 Å². The van der Waals surface area contributed by atoms with Gasteiger partial charge in [-0.1, -0.05) is 13.8 Å².